The number of amides is 1. The Kier molecular flexibility index (Phi) is 2.50. The predicted octanol–water partition coefficient (Wildman–Crippen LogP) is 0.882. The first kappa shape index (κ1) is 9.23. The first-order valence-corrected chi connectivity index (χ1v) is 4.32. The first-order chi connectivity index (χ1) is 5.54. The molecule has 0 bridgehead atoms. The molecule has 1 unspecified atom stereocenters. The molecule has 0 aromatic carbocycles. The normalized spacial score (nSPS) is 30.7. The first-order valence-electron chi connectivity index (χ1n) is 4.32. The number of hydrogen-bond donors (Lipinski definition) is 1. The summed E-state index contributed by atoms with van der Waals surface area (Å²) >= 11 is 0. The van der Waals surface area contributed by atoms with E-state index in [4.69, 9.17) is 0 Å². The lowest BCUT2D eigenvalue weighted by Gasteiger charge is -2.22. The molecule has 1 fully saturated rings. The Morgan fingerprint density at radius 2 is 2.25 bits per heavy atom. The van der Waals surface area contributed by atoms with E-state index in [9.17, 15) is 9.59 Å². The van der Waals surface area contributed by atoms with Crippen LogP contribution in [0.15, 0.2) is 0 Å². The fraction of sp³-hybridized carbons (Fsp3) is 0.778. The van der Waals surface area contributed by atoms with Crippen molar-refractivity contribution >= 4 is 11.7 Å². The number of hydrogen-bond acceptors (Lipinski definition) is 2. The maximum absolute atomic E-state index is 11.2. The molecule has 1 aliphatic heterocycles. The molecule has 1 heterocycles. The predicted molar refractivity (Wildman–Crippen MR) is 45.6 cm³/mol. The zero-order valence-electron chi connectivity index (χ0n) is 7.64. The number of carbonyl (C=O) groups excluding carboxylic acids is 2. The molecule has 0 saturated carbocycles. The summed E-state index contributed by atoms with van der Waals surface area (Å²) in [7, 11) is 0. The van der Waals surface area contributed by atoms with Gasteiger partial charge in [0, 0.05) is 18.4 Å². The van der Waals surface area contributed by atoms with E-state index in [2.05, 4.69) is 5.32 Å². The Bertz CT molecular complexity index is 213. The Morgan fingerprint density at radius 1 is 1.58 bits per heavy atom. The molecule has 1 atom stereocenters. The van der Waals surface area contributed by atoms with Crippen molar-refractivity contribution in [1.82, 2.24) is 5.32 Å². The van der Waals surface area contributed by atoms with Crippen LogP contribution < -0.4 is 5.32 Å². The summed E-state index contributed by atoms with van der Waals surface area (Å²) in [5, 5.41) is 2.76. The van der Waals surface area contributed by atoms with Crippen molar-refractivity contribution in [3.8, 4) is 0 Å². The van der Waals surface area contributed by atoms with Crippen LogP contribution in [0.5, 0.6) is 0 Å². The largest absolute Gasteiger partial charge is 0.356 e. The number of rotatable bonds is 1. The topological polar surface area (TPSA) is 46.2 Å². The Hall–Kier alpha value is -0.860. The SMILES string of the molecule is CC(=O)C1(C)CCCNC(=O)C1. The van der Waals surface area contributed by atoms with Gasteiger partial charge in [-0.05, 0) is 19.8 Å². The van der Waals surface area contributed by atoms with Crippen molar-refractivity contribution in [3.63, 3.8) is 0 Å². The third-order valence-corrected chi connectivity index (χ3v) is 2.63. The Morgan fingerprint density at radius 3 is 2.83 bits per heavy atom. The molecule has 1 rings (SSSR count). The Balaban J connectivity index is 2.74. The summed E-state index contributed by atoms with van der Waals surface area (Å²) in [4.78, 5) is 22.4. The number of carbonyl (C=O) groups is 2. The monoisotopic (exact) mass is 169 g/mol. The minimum Gasteiger partial charge on any atom is -0.356 e. The zero-order chi connectivity index (χ0) is 9.19. The lowest BCUT2D eigenvalue weighted by atomic mass is 9.79. The van der Waals surface area contributed by atoms with Crippen molar-refractivity contribution in [3.05, 3.63) is 0 Å². The summed E-state index contributed by atoms with van der Waals surface area (Å²) in [6.07, 6.45) is 2.07. The van der Waals surface area contributed by atoms with Gasteiger partial charge in [0.05, 0.1) is 0 Å². The molecule has 68 valence electrons. The quantitative estimate of drug-likeness (QED) is 0.633. The highest BCUT2D eigenvalue weighted by Crippen LogP contribution is 2.29. The maximum atomic E-state index is 11.2. The van der Waals surface area contributed by atoms with Crippen molar-refractivity contribution in [2.75, 3.05) is 6.54 Å². The molecule has 0 aliphatic carbocycles. The fourth-order valence-electron chi connectivity index (χ4n) is 1.51. The van der Waals surface area contributed by atoms with Crippen molar-refractivity contribution in [2.24, 2.45) is 5.41 Å². The molecule has 1 N–H and O–H groups in total. The Labute approximate surface area is 72.5 Å². The van der Waals surface area contributed by atoms with E-state index in [1.54, 1.807) is 6.92 Å². The van der Waals surface area contributed by atoms with E-state index in [-0.39, 0.29) is 11.7 Å². The van der Waals surface area contributed by atoms with E-state index >= 15 is 0 Å². The van der Waals surface area contributed by atoms with Gasteiger partial charge in [0.25, 0.3) is 0 Å². The molecule has 3 nitrogen and oxygen atoms in total. The van der Waals surface area contributed by atoms with E-state index in [0.717, 1.165) is 12.8 Å². The molecule has 3 heteroatoms. The van der Waals surface area contributed by atoms with Gasteiger partial charge in [-0.2, -0.15) is 0 Å². The van der Waals surface area contributed by atoms with E-state index in [1.165, 1.54) is 0 Å². The van der Waals surface area contributed by atoms with Gasteiger partial charge in [-0.3, -0.25) is 9.59 Å². The number of nitrogens with one attached hydrogen (secondary N) is 1. The molecule has 0 aromatic heterocycles. The van der Waals surface area contributed by atoms with E-state index < -0.39 is 5.41 Å². The van der Waals surface area contributed by atoms with Gasteiger partial charge in [0.15, 0.2) is 0 Å². The average molecular weight is 169 g/mol. The average Bonchev–Trinajstić information content (AvgIpc) is 2.12. The summed E-state index contributed by atoms with van der Waals surface area (Å²) < 4.78 is 0. The number of Topliss-reactive ketones (excluding diaryl/α,β-unsaturated/α-hetero) is 1. The van der Waals surface area contributed by atoms with Crippen molar-refractivity contribution in [1.29, 1.82) is 0 Å². The minimum absolute atomic E-state index is 0.00481. The lowest BCUT2D eigenvalue weighted by molar-refractivity contribution is -0.132. The molecule has 1 saturated heterocycles. The van der Waals surface area contributed by atoms with Crippen LogP contribution in [0.1, 0.15) is 33.1 Å². The van der Waals surface area contributed by atoms with Crippen LogP contribution in [0.4, 0.5) is 0 Å². The van der Waals surface area contributed by atoms with Gasteiger partial charge in [0.2, 0.25) is 5.91 Å². The third-order valence-electron chi connectivity index (χ3n) is 2.63. The van der Waals surface area contributed by atoms with Gasteiger partial charge in [0.1, 0.15) is 5.78 Å². The van der Waals surface area contributed by atoms with Crippen LogP contribution >= 0.6 is 0 Å². The smallest absolute Gasteiger partial charge is 0.220 e. The van der Waals surface area contributed by atoms with Crippen LogP contribution in [0.3, 0.4) is 0 Å². The van der Waals surface area contributed by atoms with E-state index in [1.807, 2.05) is 6.92 Å². The molecule has 12 heavy (non-hydrogen) atoms. The van der Waals surface area contributed by atoms with Crippen LogP contribution in [0.25, 0.3) is 0 Å². The standard InChI is InChI=1S/C9H15NO2/c1-7(11)9(2)4-3-5-10-8(12)6-9/h3-6H2,1-2H3,(H,10,12). The number of ketones is 1. The lowest BCUT2D eigenvalue weighted by Crippen LogP contribution is -2.30. The van der Waals surface area contributed by atoms with Gasteiger partial charge in [-0.25, -0.2) is 0 Å². The molecule has 1 aliphatic rings. The second-order valence-electron chi connectivity index (χ2n) is 3.75. The second-order valence-corrected chi connectivity index (χ2v) is 3.75. The minimum atomic E-state index is -0.416. The molecule has 0 spiro atoms. The molecule has 0 aromatic rings. The van der Waals surface area contributed by atoms with Gasteiger partial charge < -0.3 is 5.32 Å². The van der Waals surface area contributed by atoms with Crippen LogP contribution in [-0.2, 0) is 9.59 Å². The zero-order valence-corrected chi connectivity index (χ0v) is 7.64. The molecular formula is C9H15NO2. The molecule has 0 radical (unpaired) electrons. The highest BCUT2D eigenvalue weighted by molar-refractivity contribution is 5.88. The van der Waals surface area contributed by atoms with Gasteiger partial charge >= 0.3 is 0 Å². The van der Waals surface area contributed by atoms with Gasteiger partial charge in [-0.15, -0.1) is 0 Å². The van der Waals surface area contributed by atoms with Crippen molar-refractivity contribution in [2.45, 2.75) is 33.1 Å². The van der Waals surface area contributed by atoms with Crippen LogP contribution in [-0.4, -0.2) is 18.2 Å². The highest BCUT2D eigenvalue weighted by Gasteiger charge is 2.33. The van der Waals surface area contributed by atoms with Crippen LogP contribution in [0.2, 0.25) is 0 Å². The fourth-order valence-corrected chi connectivity index (χ4v) is 1.51. The summed E-state index contributed by atoms with van der Waals surface area (Å²) in [6.45, 7) is 4.15. The third kappa shape index (κ3) is 1.84. The molecule has 1 amide bonds. The summed E-state index contributed by atoms with van der Waals surface area (Å²) in [5.74, 6) is 0.129. The molecular weight excluding hydrogens is 154 g/mol. The maximum Gasteiger partial charge on any atom is 0.220 e. The van der Waals surface area contributed by atoms with Crippen molar-refractivity contribution < 1.29 is 9.59 Å². The summed E-state index contributed by atoms with van der Waals surface area (Å²) in [6, 6.07) is 0. The van der Waals surface area contributed by atoms with Crippen LogP contribution in [0, 0.1) is 5.41 Å². The van der Waals surface area contributed by atoms with Gasteiger partial charge in [-0.1, -0.05) is 6.92 Å². The summed E-state index contributed by atoms with van der Waals surface area (Å²) in [5.41, 5.74) is -0.416. The van der Waals surface area contributed by atoms with E-state index in [0.29, 0.717) is 13.0 Å². The highest BCUT2D eigenvalue weighted by atomic mass is 16.2. The second kappa shape index (κ2) is 3.25.